The van der Waals surface area contributed by atoms with Gasteiger partial charge in [0.05, 0.1) is 23.6 Å². The SMILES string of the molecule is Cc1cc(N2CCC(O)CC2)ccc1Nc1ncc2c(n1)N(C)c1ccccc1C(=O)N2C. The smallest absolute Gasteiger partial charge is 0.260 e. The van der Waals surface area contributed by atoms with Gasteiger partial charge in [-0.3, -0.25) is 4.79 Å². The van der Waals surface area contributed by atoms with E-state index in [0.29, 0.717) is 23.0 Å². The first-order chi connectivity index (χ1) is 15.9. The number of aliphatic hydroxyl groups is 1. The summed E-state index contributed by atoms with van der Waals surface area (Å²) in [5.74, 6) is 1.05. The van der Waals surface area contributed by atoms with Gasteiger partial charge in [-0.1, -0.05) is 12.1 Å². The molecule has 0 atom stereocenters. The second-order valence-corrected chi connectivity index (χ2v) is 8.69. The Kier molecular flexibility index (Phi) is 5.38. The lowest BCUT2D eigenvalue weighted by atomic mass is 10.1. The minimum Gasteiger partial charge on any atom is -0.393 e. The average molecular weight is 445 g/mol. The molecule has 1 amide bonds. The second-order valence-electron chi connectivity index (χ2n) is 8.69. The zero-order valence-electron chi connectivity index (χ0n) is 19.1. The number of carbonyl (C=O) groups excluding carboxylic acids is 1. The van der Waals surface area contributed by atoms with Crippen LogP contribution in [0.2, 0.25) is 0 Å². The third-order valence-electron chi connectivity index (χ3n) is 6.52. The van der Waals surface area contributed by atoms with Crippen LogP contribution >= 0.6 is 0 Å². The van der Waals surface area contributed by atoms with Gasteiger partial charge in [-0.15, -0.1) is 0 Å². The van der Waals surface area contributed by atoms with Crippen LogP contribution in [0.5, 0.6) is 0 Å². The molecule has 1 fully saturated rings. The first-order valence-corrected chi connectivity index (χ1v) is 11.2. The molecule has 3 aromatic rings. The number of aryl methyl sites for hydroxylation is 1. The maximum Gasteiger partial charge on any atom is 0.260 e. The lowest BCUT2D eigenvalue weighted by Crippen LogP contribution is -2.35. The van der Waals surface area contributed by atoms with Crippen LogP contribution in [0, 0.1) is 6.92 Å². The highest BCUT2D eigenvalue weighted by Gasteiger charge is 2.28. The summed E-state index contributed by atoms with van der Waals surface area (Å²) in [6.45, 7) is 3.78. The van der Waals surface area contributed by atoms with Gasteiger partial charge >= 0.3 is 0 Å². The molecule has 0 saturated carbocycles. The predicted molar refractivity (Wildman–Crippen MR) is 131 cm³/mol. The van der Waals surface area contributed by atoms with Gasteiger partial charge in [0.15, 0.2) is 5.82 Å². The fourth-order valence-corrected chi connectivity index (χ4v) is 4.49. The molecule has 5 rings (SSSR count). The summed E-state index contributed by atoms with van der Waals surface area (Å²) < 4.78 is 0. The summed E-state index contributed by atoms with van der Waals surface area (Å²) in [6.07, 6.45) is 3.10. The summed E-state index contributed by atoms with van der Waals surface area (Å²) in [7, 11) is 3.66. The minimum absolute atomic E-state index is 0.0860. The monoisotopic (exact) mass is 444 g/mol. The lowest BCUT2D eigenvalue weighted by molar-refractivity contribution is 0.0994. The van der Waals surface area contributed by atoms with E-state index in [1.807, 2.05) is 42.3 Å². The van der Waals surface area contributed by atoms with Gasteiger partial charge in [0.2, 0.25) is 5.95 Å². The Hall–Kier alpha value is -3.65. The van der Waals surface area contributed by atoms with Crippen LogP contribution in [0.3, 0.4) is 0 Å². The van der Waals surface area contributed by atoms with Crippen molar-refractivity contribution in [3.8, 4) is 0 Å². The first kappa shape index (κ1) is 21.2. The van der Waals surface area contributed by atoms with Crippen molar-refractivity contribution in [3.63, 3.8) is 0 Å². The Morgan fingerprint density at radius 2 is 1.79 bits per heavy atom. The Bertz CT molecular complexity index is 1210. The lowest BCUT2D eigenvalue weighted by Gasteiger charge is -2.31. The number of aromatic nitrogens is 2. The number of aliphatic hydroxyl groups excluding tert-OH is 1. The van der Waals surface area contributed by atoms with E-state index in [4.69, 9.17) is 4.98 Å². The van der Waals surface area contributed by atoms with E-state index in [9.17, 15) is 9.90 Å². The van der Waals surface area contributed by atoms with Crippen LogP contribution in [0.1, 0.15) is 28.8 Å². The molecular formula is C25H28N6O2. The zero-order chi connectivity index (χ0) is 23.1. The molecule has 0 radical (unpaired) electrons. The van der Waals surface area contributed by atoms with Crippen LogP contribution in [0.4, 0.5) is 34.5 Å². The molecule has 2 aromatic carbocycles. The van der Waals surface area contributed by atoms with Gasteiger partial charge in [-0.05, 0) is 55.7 Å². The van der Waals surface area contributed by atoms with E-state index in [1.54, 1.807) is 18.1 Å². The maximum atomic E-state index is 13.0. The van der Waals surface area contributed by atoms with Crippen molar-refractivity contribution in [2.24, 2.45) is 0 Å². The molecule has 1 aromatic heterocycles. The van der Waals surface area contributed by atoms with Crippen molar-refractivity contribution in [1.29, 1.82) is 0 Å². The largest absolute Gasteiger partial charge is 0.393 e. The third kappa shape index (κ3) is 3.87. The van der Waals surface area contributed by atoms with Crippen LogP contribution in [0.15, 0.2) is 48.7 Å². The molecule has 2 aliphatic rings. The number of amides is 1. The molecular weight excluding hydrogens is 416 g/mol. The molecule has 3 heterocycles. The van der Waals surface area contributed by atoms with E-state index in [0.717, 1.165) is 48.6 Å². The highest BCUT2D eigenvalue weighted by Crippen LogP contribution is 2.38. The average Bonchev–Trinajstić information content (AvgIpc) is 2.91. The van der Waals surface area contributed by atoms with Crippen molar-refractivity contribution in [2.75, 3.05) is 47.2 Å². The number of nitrogens with zero attached hydrogens (tertiary/aromatic N) is 5. The number of rotatable bonds is 3. The Morgan fingerprint density at radius 1 is 1.03 bits per heavy atom. The standard InChI is InChI=1S/C25H28N6O2/c1-16-14-17(31-12-10-18(32)11-13-31)8-9-20(16)27-25-26-15-22-23(28-25)29(2)21-7-5-4-6-19(21)24(33)30(22)3/h4-9,14-15,18,32H,10-13H2,1-3H3,(H,26,27,28). The second kappa shape index (κ2) is 8.37. The highest BCUT2D eigenvalue weighted by molar-refractivity contribution is 6.13. The van der Waals surface area contributed by atoms with Gasteiger partial charge in [0.1, 0.15) is 5.69 Å². The first-order valence-electron chi connectivity index (χ1n) is 11.2. The summed E-state index contributed by atoms with van der Waals surface area (Å²) in [6, 6.07) is 13.8. The summed E-state index contributed by atoms with van der Waals surface area (Å²) in [5.41, 5.74) is 5.27. The highest BCUT2D eigenvalue weighted by atomic mass is 16.3. The number of hydrogen-bond donors (Lipinski definition) is 2. The molecule has 33 heavy (non-hydrogen) atoms. The van der Waals surface area contributed by atoms with Crippen LogP contribution < -0.4 is 20.0 Å². The number of nitrogens with one attached hydrogen (secondary N) is 1. The number of hydrogen-bond acceptors (Lipinski definition) is 7. The predicted octanol–water partition coefficient (Wildman–Crippen LogP) is 3.85. The zero-order valence-corrected chi connectivity index (χ0v) is 19.1. The molecule has 8 nitrogen and oxygen atoms in total. The van der Waals surface area contributed by atoms with Crippen LogP contribution in [-0.2, 0) is 0 Å². The van der Waals surface area contributed by atoms with Crippen molar-refractivity contribution >= 4 is 40.4 Å². The molecule has 0 bridgehead atoms. The Balaban J connectivity index is 1.43. The van der Waals surface area contributed by atoms with E-state index < -0.39 is 0 Å². The van der Waals surface area contributed by atoms with Crippen LogP contribution in [-0.4, -0.2) is 54.3 Å². The Morgan fingerprint density at radius 3 is 2.55 bits per heavy atom. The van der Waals surface area contributed by atoms with E-state index in [2.05, 4.69) is 34.3 Å². The molecule has 0 spiro atoms. The summed E-state index contributed by atoms with van der Waals surface area (Å²) in [5, 5.41) is 13.1. The molecule has 2 aliphatic heterocycles. The number of carbonyl (C=O) groups is 1. The fourth-order valence-electron chi connectivity index (χ4n) is 4.49. The van der Waals surface area contributed by atoms with Gasteiger partial charge in [0.25, 0.3) is 5.91 Å². The number of anilines is 6. The van der Waals surface area contributed by atoms with Crippen molar-refractivity contribution in [3.05, 3.63) is 59.8 Å². The Labute approximate surface area is 193 Å². The molecule has 0 aliphatic carbocycles. The number of benzene rings is 2. The van der Waals surface area contributed by atoms with Gasteiger partial charge in [-0.2, -0.15) is 4.98 Å². The normalized spacial score (nSPS) is 16.4. The van der Waals surface area contributed by atoms with Crippen molar-refractivity contribution in [2.45, 2.75) is 25.9 Å². The van der Waals surface area contributed by atoms with Crippen molar-refractivity contribution in [1.82, 2.24) is 9.97 Å². The number of para-hydroxylation sites is 1. The van der Waals surface area contributed by atoms with Gasteiger partial charge in [0, 0.05) is 38.6 Å². The van der Waals surface area contributed by atoms with Crippen molar-refractivity contribution < 1.29 is 9.90 Å². The molecule has 170 valence electrons. The summed E-state index contributed by atoms with van der Waals surface area (Å²) >= 11 is 0. The van der Waals surface area contributed by atoms with Gasteiger partial charge < -0.3 is 25.1 Å². The molecule has 2 N–H and O–H groups in total. The topological polar surface area (TPSA) is 84.8 Å². The van der Waals surface area contributed by atoms with Crippen LogP contribution in [0.25, 0.3) is 0 Å². The van der Waals surface area contributed by atoms with Gasteiger partial charge in [-0.25, -0.2) is 4.98 Å². The van der Waals surface area contributed by atoms with E-state index in [-0.39, 0.29) is 12.0 Å². The quantitative estimate of drug-likeness (QED) is 0.635. The minimum atomic E-state index is -0.187. The van der Waals surface area contributed by atoms with E-state index in [1.165, 1.54) is 0 Å². The fraction of sp³-hybridized carbons (Fsp3) is 0.320. The molecule has 0 unspecified atom stereocenters. The summed E-state index contributed by atoms with van der Waals surface area (Å²) in [4.78, 5) is 28.0. The number of fused-ring (bicyclic) bond motifs is 2. The third-order valence-corrected chi connectivity index (χ3v) is 6.52. The van der Waals surface area contributed by atoms with E-state index >= 15 is 0 Å². The number of piperidine rings is 1. The molecule has 1 saturated heterocycles. The molecule has 8 heteroatoms. The maximum absolute atomic E-state index is 13.0.